The fourth-order valence-corrected chi connectivity index (χ4v) is 5.53. The number of fused-ring (bicyclic) bond motifs is 1. The van der Waals surface area contributed by atoms with Gasteiger partial charge in [0, 0.05) is 43.5 Å². The molecule has 0 saturated heterocycles. The maximum Gasteiger partial charge on any atom is 0.224 e. The molecule has 1 aliphatic carbocycles. The molecule has 202 valence electrons. The van der Waals surface area contributed by atoms with Crippen molar-refractivity contribution in [3.8, 4) is 17.2 Å². The van der Waals surface area contributed by atoms with E-state index < -0.39 is 18.1 Å². The second-order valence-electron chi connectivity index (χ2n) is 9.36. The maximum atomic E-state index is 10.9. The number of anilines is 1. The molecule has 11 heteroatoms. The Balaban J connectivity index is 1.85. The third kappa shape index (κ3) is 5.53. The van der Waals surface area contributed by atoms with Crippen LogP contribution in [-0.4, -0.2) is 76.0 Å². The first kappa shape index (κ1) is 27.5. The van der Waals surface area contributed by atoms with Crippen molar-refractivity contribution in [3.63, 3.8) is 0 Å². The SMILES string of the molecule is CCOc1cc2cc(-c3c(Cl)nc(NCCOC)nc3C(CC)C3CC(CO)C(O)C3O)oc2c(C)n1. The Bertz CT molecular complexity index is 1220. The van der Waals surface area contributed by atoms with Crippen molar-refractivity contribution in [3.05, 3.63) is 28.7 Å². The Hall–Kier alpha value is -2.50. The van der Waals surface area contributed by atoms with Crippen LogP contribution >= 0.6 is 11.6 Å². The maximum absolute atomic E-state index is 10.9. The topological polar surface area (TPSA) is 143 Å². The molecule has 1 fully saturated rings. The zero-order valence-corrected chi connectivity index (χ0v) is 22.3. The van der Waals surface area contributed by atoms with E-state index in [1.165, 1.54) is 0 Å². The van der Waals surface area contributed by atoms with E-state index in [0.717, 1.165) is 5.39 Å². The minimum absolute atomic E-state index is 0.199. The lowest BCUT2D eigenvalue weighted by atomic mass is 9.82. The molecule has 3 aromatic rings. The number of aliphatic hydroxyl groups excluding tert-OH is 3. The van der Waals surface area contributed by atoms with E-state index in [4.69, 9.17) is 30.5 Å². The summed E-state index contributed by atoms with van der Waals surface area (Å²) in [6.07, 6.45) is -0.962. The molecule has 0 amide bonds. The highest BCUT2D eigenvalue weighted by atomic mass is 35.5. The van der Waals surface area contributed by atoms with E-state index in [0.29, 0.717) is 72.7 Å². The zero-order valence-electron chi connectivity index (χ0n) is 21.6. The molecule has 3 aromatic heterocycles. The van der Waals surface area contributed by atoms with E-state index in [1.54, 1.807) is 7.11 Å². The summed E-state index contributed by atoms with van der Waals surface area (Å²) in [6.45, 7) is 6.97. The number of pyridine rings is 1. The van der Waals surface area contributed by atoms with Gasteiger partial charge in [-0.15, -0.1) is 0 Å². The number of methoxy groups -OCH3 is 1. The third-order valence-corrected chi connectivity index (χ3v) is 7.33. The number of hydrogen-bond acceptors (Lipinski definition) is 10. The predicted octanol–water partition coefficient (Wildman–Crippen LogP) is 3.55. The van der Waals surface area contributed by atoms with E-state index in [1.807, 2.05) is 32.9 Å². The van der Waals surface area contributed by atoms with Crippen LogP contribution in [0, 0.1) is 18.8 Å². The number of nitrogens with one attached hydrogen (secondary N) is 1. The van der Waals surface area contributed by atoms with Gasteiger partial charge in [0.25, 0.3) is 0 Å². The smallest absolute Gasteiger partial charge is 0.224 e. The molecule has 5 unspecified atom stereocenters. The molecule has 4 N–H and O–H groups in total. The number of hydrogen-bond donors (Lipinski definition) is 4. The molecule has 0 spiro atoms. The Morgan fingerprint density at radius 3 is 2.62 bits per heavy atom. The summed E-state index contributed by atoms with van der Waals surface area (Å²) in [7, 11) is 1.61. The lowest BCUT2D eigenvalue weighted by Crippen LogP contribution is -2.32. The Morgan fingerprint density at radius 2 is 1.97 bits per heavy atom. The van der Waals surface area contributed by atoms with Crippen LogP contribution in [0.2, 0.25) is 5.15 Å². The second kappa shape index (κ2) is 11.9. The average molecular weight is 535 g/mol. The van der Waals surface area contributed by atoms with Gasteiger partial charge >= 0.3 is 0 Å². The molecular weight excluding hydrogens is 500 g/mol. The number of nitrogens with zero attached hydrogens (tertiary/aromatic N) is 3. The van der Waals surface area contributed by atoms with Gasteiger partial charge in [-0.2, -0.15) is 0 Å². The lowest BCUT2D eigenvalue weighted by Gasteiger charge is -2.27. The summed E-state index contributed by atoms with van der Waals surface area (Å²) < 4.78 is 17.0. The van der Waals surface area contributed by atoms with Crippen LogP contribution in [0.5, 0.6) is 5.88 Å². The molecule has 3 heterocycles. The molecule has 0 bridgehead atoms. The van der Waals surface area contributed by atoms with Gasteiger partial charge in [-0.25, -0.2) is 15.0 Å². The average Bonchev–Trinajstić information content (AvgIpc) is 3.41. The fraction of sp³-hybridized carbons (Fsp3) is 0.577. The molecule has 0 aliphatic heterocycles. The minimum atomic E-state index is -1.01. The van der Waals surface area contributed by atoms with Gasteiger partial charge in [0.05, 0.1) is 42.4 Å². The first-order chi connectivity index (χ1) is 17.8. The van der Waals surface area contributed by atoms with Crippen LogP contribution in [0.1, 0.15) is 44.0 Å². The first-order valence-electron chi connectivity index (χ1n) is 12.6. The highest BCUT2D eigenvalue weighted by Gasteiger charge is 2.45. The lowest BCUT2D eigenvalue weighted by molar-refractivity contribution is -0.00982. The van der Waals surface area contributed by atoms with E-state index in [9.17, 15) is 15.3 Å². The standard InChI is InChI=1S/C26H35ClN4O6/c1-5-16(17-9-15(12-32)22(33)23(17)34)21-20(25(27)31-26(30-21)28-7-8-35-4)18-10-14-11-19(36-6-2)29-13(3)24(14)37-18/h10-11,15-17,22-23,32-34H,5-9,12H2,1-4H3,(H,28,30,31). The number of ether oxygens (including phenoxy) is 2. The Kier molecular flexibility index (Phi) is 8.86. The van der Waals surface area contributed by atoms with Crippen molar-refractivity contribution < 1.29 is 29.2 Å². The van der Waals surface area contributed by atoms with E-state index in [2.05, 4.69) is 15.3 Å². The summed E-state index contributed by atoms with van der Waals surface area (Å²) in [6, 6.07) is 3.68. The highest BCUT2D eigenvalue weighted by Crippen LogP contribution is 2.46. The molecule has 0 aromatic carbocycles. The second-order valence-corrected chi connectivity index (χ2v) is 9.72. The molecular formula is C26H35ClN4O6. The van der Waals surface area contributed by atoms with Crippen molar-refractivity contribution in [1.82, 2.24) is 15.0 Å². The van der Waals surface area contributed by atoms with Gasteiger partial charge in [0.2, 0.25) is 11.8 Å². The molecule has 10 nitrogen and oxygen atoms in total. The van der Waals surface area contributed by atoms with Gasteiger partial charge in [0.1, 0.15) is 10.9 Å². The number of aliphatic hydroxyl groups is 3. The van der Waals surface area contributed by atoms with Gasteiger partial charge in [-0.1, -0.05) is 18.5 Å². The molecule has 5 atom stereocenters. The van der Waals surface area contributed by atoms with Crippen LogP contribution < -0.4 is 10.1 Å². The summed E-state index contributed by atoms with van der Waals surface area (Å²) >= 11 is 6.78. The largest absolute Gasteiger partial charge is 0.478 e. The summed E-state index contributed by atoms with van der Waals surface area (Å²) in [5.41, 5.74) is 2.41. The summed E-state index contributed by atoms with van der Waals surface area (Å²) in [4.78, 5) is 13.8. The zero-order chi connectivity index (χ0) is 26.7. The van der Waals surface area contributed by atoms with Gasteiger partial charge in [-0.05, 0) is 38.7 Å². The molecule has 4 rings (SSSR count). The monoisotopic (exact) mass is 534 g/mol. The number of aryl methyl sites for hydroxylation is 1. The van der Waals surface area contributed by atoms with Crippen molar-refractivity contribution in [2.75, 3.05) is 38.8 Å². The summed E-state index contributed by atoms with van der Waals surface area (Å²) in [5, 5.41) is 35.3. The number of rotatable bonds is 11. The van der Waals surface area contributed by atoms with Crippen LogP contribution in [0.15, 0.2) is 16.5 Å². The number of halogens is 1. The van der Waals surface area contributed by atoms with Crippen LogP contribution in [0.4, 0.5) is 5.95 Å². The van der Waals surface area contributed by atoms with Crippen molar-refractivity contribution >= 4 is 28.5 Å². The third-order valence-electron chi connectivity index (χ3n) is 7.06. The number of aromatic nitrogens is 3. The molecule has 1 saturated carbocycles. The number of furan rings is 1. The van der Waals surface area contributed by atoms with Crippen LogP contribution in [-0.2, 0) is 4.74 Å². The molecule has 1 aliphatic rings. The van der Waals surface area contributed by atoms with Crippen LogP contribution in [0.25, 0.3) is 22.3 Å². The van der Waals surface area contributed by atoms with E-state index in [-0.39, 0.29) is 23.6 Å². The van der Waals surface area contributed by atoms with Gasteiger partial charge < -0.3 is 34.5 Å². The predicted molar refractivity (Wildman–Crippen MR) is 140 cm³/mol. The fourth-order valence-electron chi connectivity index (χ4n) is 5.26. The van der Waals surface area contributed by atoms with Crippen molar-refractivity contribution in [2.45, 2.75) is 51.7 Å². The first-order valence-corrected chi connectivity index (χ1v) is 13.0. The highest BCUT2D eigenvalue weighted by molar-refractivity contribution is 6.32. The van der Waals surface area contributed by atoms with Crippen molar-refractivity contribution in [2.24, 2.45) is 11.8 Å². The van der Waals surface area contributed by atoms with Crippen molar-refractivity contribution in [1.29, 1.82) is 0 Å². The Morgan fingerprint density at radius 1 is 1.19 bits per heavy atom. The van der Waals surface area contributed by atoms with E-state index >= 15 is 0 Å². The molecule has 37 heavy (non-hydrogen) atoms. The minimum Gasteiger partial charge on any atom is -0.478 e. The Labute approximate surface area is 221 Å². The summed E-state index contributed by atoms with van der Waals surface area (Å²) in [5.74, 6) is 0.272. The molecule has 0 radical (unpaired) electrons. The normalized spacial score (nSPS) is 22.5. The van der Waals surface area contributed by atoms with Gasteiger partial charge in [-0.3, -0.25) is 0 Å². The van der Waals surface area contributed by atoms with Gasteiger partial charge in [0.15, 0.2) is 5.58 Å². The quantitative estimate of drug-likeness (QED) is 0.213. The van der Waals surface area contributed by atoms with Crippen LogP contribution in [0.3, 0.4) is 0 Å².